The number of H-pyrrole nitrogens is 1. The number of nitrogen functional groups attached to an aromatic ring is 1. The van der Waals surface area contributed by atoms with E-state index in [-0.39, 0.29) is 0 Å². The van der Waals surface area contributed by atoms with Crippen LogP contribution in [0.2, 0.25) is 0 Å². The van der Waals surface area contributed by atoms with Crippen molar-refractivity contribution in [3.63, 3.8) is 0 Å². The molecule has 0 fully saturated rings. The summed E-state index contributed by atoms with van der Waals surface area (Å²) >= 11 is 0. The van der Waals surface area contributed by atoms with Gasteiger partial charge in [0.15, 0.2) is 0 Å². The van der Waals surface area contributed by atoms with E-state index in [0.29, 0.717) is 0 Å². The second kappa shape index (κ2) is 3.91. The molecule has 0 saturated carbocycles. The van der Waals surface area contributed by atoms with E-state index in [4.69, 9.17) is 5.73 Å². The van der Waals surface area contributed by atoms with Gasteiger partial charge in [0, 0.05) is 5.56 Å². The van der Waals surface area contributed by atoms with Crippen LogP contribution >= 0.6 is 0 Å². The fraction of sp³-hybridized carbons (Fsp3) is 0.357. The van der Waals surface area contributed by atoms with E-state index in [0.717, 1.165) is 17.1 Å². The first-order valence-electron chi connectivity index (χ1n) is 5.81. The lowest BCUT2D eigenvalue weighted by atomic mass is 9.92. The minimum Gasteiger partial charge on any atom is -0.395 e. The molecule has 0 aliphatic carbocycles. The standard InChI is InChI=1S/C14H19N3/c1-7-6-8(2)10(4)12(9(7)3)14-13(15)11(5)16-17-14/h6H,15H2,1-5H3,(H,16,17). The molecule has 0 spiro atoms. The number of anilines is 1. The van der Waals surface area contributed by atoms with Gasteiger partial charge in [-0.1, -0.05) is 6.07 Å². The van der Waals surface area contributed by atoms with Crippen LogP contribution in [0.1, 0.15) is 27.9 Å². The van der Waals surface area contributed by atoms with Crippen molar-refractivity contribution >= 4 is 5.69 Å². The van der Waals surface area contributed by atoms with Crippen LogP contribution < -0.4 is 5.73 Å². The fourth-order valence-electron chi connectivity index (χ4n) is 2.20. The Bertz CT molecular complexity index is 553. The quantitative estimate of drug-likeness (QED) is 0.789. The molecular weight excluding hydrogens is 210 g/mol. The van der Waals surface area contributed by atoms with Crippen molar-refractivity contribution in [2.24, 2.45) is 0 Å². The third-order valence-electron chi connectivity index (χ3n) is 3.60. The molecule has 3 heteroatoms. The summed E-state index contributed by atoms with van der Waals surface area (Å²) in [5.74, 6) is 0. The van der Waals surface area contributed by atoms with Gasteiger partial charge in [-0.15, -0.1) is 0 Å². The zero-order valence-corrected chi connectivity index (χ0v) is 11.1. The number of nitrogens with two attached hydrogens (primary N) is 1. The molecule has 1 aromatic heterocycles. The molecule has 3 N–H and O–H groups in total. The number of rotatable bonds is 1. The van der Waals surface area contributed by atoms with E-state index in [1.165, 1.54) is 27.8 Å². The highest BCUT2D eigenvalue weighted by Gasteiger charge is 2.16. The smallest absolute Gasteiger partial charge is 0.116 e. The van der Waals surface area contributed by atoms with E-state index in [1.807, 2.05) is 6.92 Å². The molecule has 0 radical (unpaired) electrons. The summed E-state index contributed by atoms with van der Waals surface area (Å²) in [5.41, 5.74) is 14.9. The molecule has 0 aliphatic heterocycles. The topological polar surface area (TPSA) is 54.7 Å². The number of nitrogens with one attached hydrogen (secondary N) is 1. The highest BCUT2D eigenvalue weighted by Crippen LogP contribution is 2.34. The zero-order valence-electron chi connectivity index (χ0n) is 11.1. The number of nitrogens with zero attached hydrogens (tertiary/aromatic N) is 1. The Hall–Kier alpha value is -1.77. The largest absolute Gasteiger partial charge is 0.395 e. The molecule has 0 atom stereocenters. The first kappa shape index (κ1) is 11.7. The molecule has 0 saturated heterocycles. The molecule has 0 amide bonds. The third-order valence-corrected chi connectivity index (χ3v) is 3.60. The van der Waals surface area contributed by atoms with Crippen LogP contribution in [0.5, 0.6) is 0 Å². The van der Waals surface area contributed by atoms with Crippen molar-refractivity contribution in [3.8, 4) is 11.3 Å². The van der Waals surface area contributed by atoms with Crippen molar-refractivity contribution in [1.82, 2.24) is 10.2 Å². The number of hydrogen-bond donors (Lipinski definition) is 2. The Morgan fingerprint density at radius 1 is 1.00 bits per heavy atom. The second-order valence-electron chi connectivity index (χ2n) is 4.75. The predicted molar refractivity (Wildman–Crippen MR) is 72.1 cm³/mol. The van der Waals surface area contributed by atoms with E-state index < -0.39 is 0 Å². The minimum atomic E-state index is 0.751. The highest BCUT2D eigenvalue weighted by molar-refractivity contribution is 5.80. The second-order valence-corrected chi connectivity index (χ2v) is 4.75. The van der Waals surface area contributed by atoms with Crippen LogP contribution in [0.15, 0.2) is 6.07 Å². The molecule has 0 unspecified atom stereocenters. The minimum absolute atomic E-state index is 0.751. The number of aromatic nitrogens is 2. The summed E-state index contributed by atoms with van der Waals surface area (Å²) in [4.78, 5) is 0. The summed E-state index contributed by atoms with van der Waals surface area (Å²) in [6, 6.07) is 2.21. The van der Waals surface area contributed by atoms with Gasteiger partial charge in [0.25, 0.3) is 0 Å². The summed E-state index contributed by atoms with van der Waals surface area (Å²) in [5, 5.41) is 7.29. The molecule has 1 heterocycles. The predicted octanol–water partition coefficient (Wildman–Crippen LogP) is 3.20. The molecule has 1 aromatic carbocycles. The average Bonchev–Trinajstić information content (AvgIpc) is 2.59. The number of aromatic amines is 1. The average molecular weight is 229 g/mol. The monoisotopic (exact) mass is 229 g/mol. The number of benzene rings is 1. The number of aryl methyl sites for hydroxylation is 3. The van der Waals surface area contributed by atoms with Gasteiger partial charge in [-0.3, -0.25) is 5.10 Å². The Balaban J connectivity index is 2.79. The molecule has 2 aromatic rings. The van der Waals surface area contributed by atoms with Gasteiger partial charge in [-0.05, 0) is 56.9 Å². The lowest BCUT2D eigenvalue weighted by molar-refractivity contribution is 1.05. The number of hydrogen-bond acceptors (Lipinski definition) is 2. The molecule has 90 valence electrons. The molecule has 17 heavy (non-hydrogen) atoms. The Morgan fingerprint density at radius 3 is 1.94 bits per heavy atom. The van der Waals surface area contributed by atoms with Crippen LogP contribution in [0.4, 0.5) is 5.69 Å². The van der Waals surface area contributed by atoms with E-state index in [2.05, 4.69) is 44.0 Å². The Morgan fingerprint density at radius 2 is 1.53 bits per heavy atom. The highest BCUT2D eigenvalue weighted by atomic mass is 15.1. The van der Waals surface area contributed by atoms with Crippen molar-refractivity contribution in [3.05, 3.63) is 34.0 Å². The fourth-order valence-corrected chi connectivity index (χ4v) is 2.20. The Labute approximate surface area is 102 Å². The first-order valence-corrected chi connectivity index (χ1v) is 5.81. The van der Waals surface area contributed by atoms with Crippen molar-refractivity contribution in [1.29, 1.82) is 0 Å². The van der Waals surface area contributed by atoms with Crippen LogP contribution in [-0.2, 0) is 0 Å². The Kier molecular flexibility index (Phi) is 2.69. The maximum Gasteiger partial charge on any atom is 0.116 e. The van der Waals surface area contributed by atoms with Gasteiger partial charge in [-0.25, -0.2) is 0 Å². The molecule has 0 aliphatic rings. The maximum atomic E-state index is 6.08. The lowest BCUT2D eigenvalue weighted by Gasteiger charge is -2.14. The van der Waals surface area contributed by atoms with Gasteiger partial charge in [0.2, 0.25) is 0 Å². The van der Waals surface area contributed by atoms with Crippen molar-refractivity contribution < 1.29 is 0 Å². The molecule has 0 bridgehead atoms. The summed E-state index contributed by atoms with van der Waals surface area (Å²) in [7, 11) is 0. The van der Waals surface area contributed by atoms with Crippen LogP contribution in [0, 0.1) is 34.6 Å². The third kappa shape index (κ3) is 1.71. The summed E-state index contributed by atoms with van der Waals surface area (Å²) < 4.78 is 0. The maximum absolute atomic E-state index is 6.08. The van der Waals surface area contributed by atoms with Gasteiger partial charge < -0.3 is 5.73 Å². The molecular formula is C14H19N3. The normalized spacial score (nSPS) is 10.9. The zero-order chi connectivity index (χ0) is 12.7. The SMILES string of the molecule is Cc1cc(C)c(C)c(-c2n[nH]c(C)c2N)c1C. The van der Waals surface area contributed by atoms with Gasteiger partial charge in [0.1, 0.15) is 5.69 Å². The van der Waals surface area contributed by atoms with Gasteiger partial charge >= 0.3 is 0 Å². The van der Waals surface area contributed by atoms with Crippen LogP contribution in [-0.4, -0.2) is 10.2 Å². The van der Waals surface area contributed by atoms with E-state index >= 15 is 0 Å². The molecule has 3 nitrogen and oxygen atoms in total. The summed E-state index contributed by atoms with van der Waals surface area (Å²) in [6.07, 6.45) is 0. The lowest BCUT2D eigenvalue weighted by Crippen LogP contribution is -1.98. The van der Waals surface area contributed by atoms with Crippen LogP contribution in [0.3, 0.4) is 0 Å². The van der Waals surface area contributed by atoms with E-state index in [1.54, 1.807) is 0 Å². The van der Waals surface area contributed by atoms with E-state index in [9.17, 15) is 0 Å². The van der Waals surface area contributed by atoms with Crippen LogP contribution in [0.25, 0.3) is 11.3 Å². The first-order chi connectivity index (χ1) is 7.93. The van der Waals surface area contributed by atoms with Gasteiger partial charge in [0.05, 0.1) is 11.4 Å². The van der Waals surface area contributed by atoms with Crippen molar-refractivity contribution in [2.45, 2.75) is 34.6 Å². The van der Waals surface area contributed by atoms with Gasteiger partial charge in [-0.2, -0.15) is 5.10 Å². The van der Waals surface area contributed by atoms with Crippen molar-refractivity contribution in [2.75, 3.05) is 5.73 Å². The molecule has 2 rings (SSSR count). The summed E-state index contributed by atoms with van der Waals surface area (Å²) in [6.45, 7) is 10.4.